The highest BCUT2D eigenvalue weighted by Gasteiger charge is 2.18. The lowest BCUT2D eigenvalue weighted by molar-refractivity contribution is 0.0690. The van der Waals surface area contributed by atoms with E-state index in [1.165, 1.54) is 23.8 Å². The van der Waals surface area contributed by atoms with Gasteiger partial charge in [0.2, 0.25) is 0 Å². The summed E-state index contributed by atoms with van der Waals surface area (Å²) < 4.78 is 1.88. The Bertz CT molecular complexity index is 649. The maximum Gasteiger partial charge on any atom is 0.357 e. The van der Waals surface area contributed by atoms with Gasteiger partial charge in [-0.05, 0) is 40.9 Å². The molecule has 2 N–H and O–H groups in total. The van der Waals surface area contributed by atoms with E-state index >= 15 is 0 Å². The van der Waals surface area contributed by atoms with E-state index in [9.17, 15) is 4.79 Å². The first kappa shape index (κ1) is 13.4. The highest BCUT2D eigenvalue weighted by Crippen LogP contribution is 2.22. The van der Waals surface area contributed by atoms with Crippen LogP contribution in [0.2, 0.25) is 0 Å². The quantitative estimate of drug-likeness (QED) is 0.899. The smallest absolute Gasteiger partial charge is 0.357 e. The van der Waals surface area contributed by atoms with Gasteiger partial charge in [0.25, 0.3) is 0 Å². The van der Waals surface area contributed by atoms with Gasteiger partial charge in [0.1, 0.15) is 10.4 Å². The zero-order valence-corrected chi connectivity index (χ0v) is 12.4. The van der Waals surface area contributed by atoms with E-state index < -0.39 is 5.97 Å². The third-order valence-corrected chi connectivity index (χ3v) is 4.29. The first-order valence-corrected chi connectivity index (χ1v) is 7.49. The third-order valence-electron chi connectivity index (χ3n) is 3.58. The number of carbonyl (C=O) groups is 1. The number of carboxylic acid groups (broad SMARTS) is 1. The number of fused-ring (bicyclic) bond motifs is 1. The highest BCUT2D eigenvalue weighted by molar-refractivity contribution is 9.10. The Balaban J connectivity index is 1.89. The molecule has 6 nitrogen and oxygen atoms in total. The second-order valence-electron chi connectivity index (χ2n) is 5.02. The Hall–Kier alpha value is -1.63. The summed E-state index contributed by atoms with van der Waals surface area (Å²) in [6, 6.07) is 4.07. The molecule has 0 bridgehead atoms. The van der Waals surface area contributed by atoms with Crippen LogP contribution in [-0.4, -0.2) is 31.7 Å². The first-order chi connectivity index (χ1) is 9.65. The second-order valence-corrected chi connectivity index (χ2v) is 5.78. The van der Waals surface area contributed by atoms with E-state index in [0.29, 0.717) is 16.3 Å². The molecule has 20 heavy (non-hydrogen) atoms. The minimum absolute atomic E-state index is 0.0210. The average Bonchev–Trinajstić information content (AvgIpc) is 2.77. The standard InChI is InChI=1S/C13H15BrN4O2/c14-12-11(13(19)20)16-10-7-6-9(17-18(10)12)15-8-4-2-1-3-5-8/h6-8H,1-5H2,(H,15,17)(H,19,20). The Labute approximate surface area is 124 Å². The lowest BCUT2D eigenvalue weighted by Crippen LogP contribution is -2.23. The van der Waals surface area contributed by atoms with Crippen molar-refractivity contribution in [2.45, 2.75) is 38.1 Å². The Morgan fingerprint density at radius 2 is 2.10 bits per heavy atom. The number of anilines is 1. The van der Waals surface area contributed by atoms with Crippen molar-refractivity contribution in [1.29, 1.82) is 0 Å². The number of halogens is 1. The molecule has 1 fully saturated rings. The van der Waals surface area contributed by atoms with Crippen LogP contribution in [0.4, 0.5) is 5.82 Å². The van der Waals surface area contributed by atoms with E-state index in [-0.39, 0.29) is 5.69 Å². The van der Waals surface area contributed by atoms with Gasteiger partial charge in [-0.3, -0.25) is 0 Å². The van der Waals surface area contributed by atoms with Crippen molar-refractivity contribution < 1.29 is 9.90 Å². The van der Waals surface area contributed by atoms with Crippen molar-refractivity contribution >= 4 is 33.4 Å². The van der Waals surface area contributed by atoms with Crippen LogP contribution in [0.5, 0.6) is 0 Å². The molecule has 0 aliphatic heterocycles. The van der Waals surface area contributed by atoms with Crippen molar-refractivity contribution in [3.63, 3.8) is 0 Å². The van der Waals surface area contributed by atoms with Crippen LogP contribution >= 0.6 is 15.9 Å². The van der Waals surface area contributed by atoms with Gasteiger partial charge >= 0.3 is 5.97 Å². The third kappa shape index (κ3) is 2.49. The molecule has 3 rings (SSSR count). The lowest BCUT2D eigenvalue weighted by atomic mass is 9.95. The number of hydrogen-bond donors (Lipinski definition) is 2. The van der Waals surface area contributed by atoms with Gasteiger partial charge in [-0.15, -0.1) is 5.10 Å². The summed E-state index contributed by atoms with van der Waals surface area (Å²) >= 11 is 3.24. The summed E-state index contributed by atoms with van der Waals surface area (Å²) in [5, 5.41) is 16.9. The van der Waals surface area contributed by atoms with E-state index in [1.807, 2.05) is 6.07 Å². The summed E-state index contributed by atoms with van der Waals surface area (Å²) in [7, 11) is 0. The molecule has 0 atom stereocenters. The summed E-state index contributed by atoms with van der Waals surface area (Å²) in [4.78, 5) is 15.1. The van der Waals surface area contributed by atoms with Gasteiger partial charge in [-0.25, -0.2) is 14.3 Å². The van der Waals surface area contributed by atoms with Crippen LogP contribution in [-0.2, 0) is 0 Å². The summed E-state index contributed by atoms with van der Waals surface area (Å²) in [5.74, 6) is -0.316. The summed E-state index contributed by atoms with van der Waals surface area (Å²) in [5.41, 5.74) is 0.496. The molecule has 0 unspecified atom stereocenters. The lowest BCUT2D eigenvalue weighted by Gasteiger charge is -2.23. The van der Waals surface area contributed by atoms with Gasteiger partial charge in [-0.2, -0.15) is 0 Å². The Morgan fingerprint density at radius 1 is 1.35 bits per heavy atom. The molecule has 7 heteroatoms. The SMILES string of the molecule is O=C(O)c1nc2ccc(NC3CCCCC3)nn2c1Br. The van der Waals surface area contributed by atoms with Crippen molar-refractivity contribution in [2.75, 3.05) is 5.32 Å². The summed E-state index contributed by atoms with van der Waals surface area (Å²) in [6.45, 7) is 0. The molecule has 106 valence electrons. The van der Waals surface area contributed by atoms with Gasteiger partial charge in [0.05, 0.1) is 0 Å². The van der Waals surface area contributed by atoms with Crippen molar-refractivity contribution in [3.05, 3.63) is 22.4 Å². The fourth-order valence-electron chi connectivity index (χ4n) is 2.58. The van der Waals surface area contributed by atoms with Crippen LogP contribution in [0.3, 0.4) is 0 Å². The fourth-order valence-corrected chi connectivity index (χ4v) is 3.09. The number of aromatic nitrogens is 3. The number of nitrogens with one attached hydrogen (secondary N) is 1. The second kappa shape index (κ2) is 5.40. The normalized spacial score (nSPS) is 16.4. The van der Waals surface area contributed by atoms with Crippen LogP contribution in [0, 0.1) is 0 Å². The predicted molar refractivity (Wildman–Crippen MR) is 78.1 cm³/mol. The highest BCUT2D eigenvalue weighted by atomic mass is 79.9. The van der Waals surface area contributed by atoms with Crippen LogP contribution < -0.4 is 5.32 Å². The Kier molecular flexibility index (Phi) is 3.60. The van der Waals surface area contributed by atoms with Gasteiger partial charge in [-0.1, -0.05) is 19.3 Å². The molecule has 2 aromatic heterocycles. The zero-order valence-electron chi connectivity index (χ0n) is 10.8. The number of hydrogen-bond acceptors (Lipinski definition) is 4. The molecule has 1 saturated carbocycles. The molecule has 0 spiro atoms. The number of carboxylic acids is 1. The molecule has 0 aromatic carbocycles. The largest absolute Gasteiger partial charge is 0.476 e. The van der Waals surface area contributed by atoms with E-state index in [1.54, 1.807) is 6.07 Å². The van der Waals surface area contributed by atoms with E-state index in [2.05, 4.69) is 31.3 Å². The number of imidazole rings is 1. The minimum Gasteiger partial charge on any atom is -0.476 e. The van der Waals surface area contributed by atoms with Crippen molar-refractivity contribution in [1.82, 2.24) is 14.6 Å². The number of aromatic carboxylic acids is 1. The van der Waals surface area contributed by atoms with Gasteiger partial charge in [0, 0.05) is 6.04 Å². The number of rotatable bonds is 3. The zero-order chi connectivity index (χ0) is 14.1. The van der Waals surface area contributed by atoms with E-state index in [4.69, 9.17) is 5.11 Å². The molecule has 0 radical (unpaired) electrons. The molecule has 2 heterocycles. The van der Waals surface area contributed by atoms with Crippen LogP contribution in [0.25, 0.3) is 5.65 Å². The first-order valence-electron chi connectivity index (χ1n) is 6.70. The molecule has 0 amide bonds. The monoisotopic (exact) mass is 338 g/mol. The molecule has 1 aliphatic carbocycles. The fraction of sp³-hybridized carbons (Fsp3) is 0.462. The number of nitrogens with zero attached hydrogens (tertiary/aromatic N) is 3. The Morgan fingerprint density at radius 3 is 2.80 bits per heavy atom. The van der Waals surface area contributed by atoms with Crippen LogP contribution in [0.15, 0.2) is 16.7 Å². The van der Waals surface area contributed by atoms with Gasteiger partial charge in [0.15, 0.2) is 11.3 Å². The molecular formula is C13H15BrN4O2. The minimum atomic E-state index is -1.07. The molecule has 1 aliphatic rings. The molecular weight excluding hydrogens is 324 g/mol. The topological polar surface area (TPSA) is 79.5 Å². The maximum absolute atomic E-state index is 11.0. The predicted octanol–water partition coefficient (Wildman–Crippen LogP) is 2.93. The molecule has 0 saturated heterocycles. The van der Waals surface area contributed by atoms with Crippen molar-refractivity contribution in [3.8, 4) is 0 Å². The molecule has 2 aromatic rings. The van der Waals surface area contributed by atoms with E-state index in [0.717, 1.165) is 18.7 Å². The average molecular weight is 339 g/mol. The maximum atomic E-state index is 11.0. The van der Waals surface area contributed by atoms with Crippen LogP contribution in [0.1, 0.15) is 42.6 Å². The summed E-state index contributed by atoms with van der Waals surface area (Å²) in [6.07, 6.45) is 6.12. The van der Waals surface area contributed by atoms with Crippen molar-refractivity contribution in [2.24, 2.45) is 0 Å². The van der Waals surface area contributed by atoms with Gasteiger partial charge < -0.3 is 10.4 Å².